The number of rotatable bonds is 7. The van der Waals surface area contributed by atoms with Crippen molar-refractivity contribution in [2.24, 2.45) is 0 Å². The Balaban J connectivity index is 2.96. The Morgan fingerprint density at radius 3 is 2.50 bits per heavy atom. The maximum atomic E-state index is 12.7. The molecule has 0 aromatic heterocycles. The molecule has 0 aliphatic rings. The molecule has 1 unspecified atom stereocenters. The first-order chi connectivity index (χ1) is 9.51. The van der Waals surface area contributed by atoms with Crippen LogP contribution >= 0.6 is 0 Å². The lowest BCUT2D eigenvalue weighted by molar-refractivity contribution is 0.0685. The highest BCUT2D eigenvalue weighted by Gasteiger charge is 2.20. The molecule has 0 radical (unpaired) electrons. The highest BCUT2D eigenvalue weighted by molar-refractivity contribution is 5.95. The fourth-order valence-corrected chi connectivity index (χ4v) is 2.15. The second kappa shape index (κ2) is 7.93. The molecule has 0 heterocycles. The number of carbonyl (C=O) groups excluding carboxylic acids is 1. The largest absolute Gasteiger partial charge is 0.378 e. The molecule has 0 N–H and O–H groups in total. The second-order valence-corrected chi connectivity index (χ2v) is 5.55. The summed E-state index contributed by atoms with van der Waals surface area (Å²) in [5.74, 6) is 0.150. The van der Waals surface area contributed by atoms with E-state index in [-0.39, 0.29) is 11.9 Å². The average Bonchev–Trinajstić information content (AvgIpc) is 2.47. The van der Waals surface area contributed by atoms with Crippen LogP contribution in [0.2, 0.25) is 0 Å². The van der Waals surface area contributed by atoms with Gasteiger partial charge in [0, 0.05) is 37.9 Å². The number of anilines is 1. The molecule has 1 atom stereocenters. The van der Waals surface area contributed by atoms with Crippen LogP contribution < -0.4 is 4.90 Å². The minimum absolute atomic E-state index is 0.150. The third kappa shape index (κ3) is 4.26. The van der Waals surface area contributed by atoms with Gasteiger partial charge < -0.3 is 9.80 Å². The van der Waals surface area contributed by atoms with Crippen LogP contribution in [0, 0.1) is 0 Å². The maximum Gasteiger partial charge on any atom is 0.254 e. The van der Waals surface area contributed by atoms with Gasteiger partial charge in [-0.25, -0.2) is 0 Å². The standard InChI is InChI=1S/C17H28N2O/c1-6-8-12-19(14(3)7-2)17(20)15-10-9-11-16(13-15)18(4)5/h9-11,13-14H,6-8,12H2,1-5H3. The van der Waals surface area contributed by atoms with Crippen LogP contribution in [0.5, 0.6) is 0 Å². The second-order valence-electron chi connectivity index (χ2n) is 5.55. The monoisotopic (exact) mass is 276 g/mol. The summed E-state index contributed by atoms with van der Waals surface area (Å²) < 4.78 is 0. The summed E-state index contributed by atoms with van der Waals surface area (Å²) in [6.07, 6.45) is 3.16. The third-order valence-corrected chi connectivity index (χ3v) is 3.75. The first kappa shape index (κ1) is 16.5. The first-order valence-electron chi connectivity index (χ1n) is 7.59. The van der Waals surface area contributed by atoms with E-state index in [1.54, 1.807) is 0 Å². The SMILES string of the molecule is CCCCN(C(=O)c1cccc(N(C)C)c1)C(C)CC. The van der Waals surface area contributed by atoms with Gasteiger partial charge in [-0.3, -0.25) is 4.79 Å². The zero-order valence-electron chi connectivity index (χ0n) is 13.5. The van der Waals surface area contributed by atoms with Crippen LogP contribution in [-0.2, 0) is 0 Å². The van der Waals surface area contributed by atoms with E-state index in [9.17, 15) is 4.79 Å². The number of nitrogens with zero attached hydrogens (tertiary/aromatic N) is 2. The molecule has 1 aromatic rings. The van der Waals surface area contributed by atoms with E-state index in [1.165, 1.54) is 0 Å². The summed E-state index contributed by atoms with van der Waals surface area (Å²) >= 11 is 0. The molecular formula is C17H28N2O. The van der Waals surface area contributed by atoms with Gasteiger partial charge in [-0.05, 0) is 38.0 Å². The Kier molecular flexibility index (Phi) is 6.56. The van der Waals surface area contributed by atoms with E-state index in [4.69, 9.17) is 0 Å². The predicted octanol–water partition coefficient (Wildman–Crippen LogP) is 3.79. The smallest absolute Gasteiger partial charge is 0.254 e. The first-order valence-corrected chi connectivity index (χ1v) is 7.59. The van der Waals surface area contributed by atoms with E-state index in [0.717, 1.165) is 37.1 Å². The van der Waals surface area contributed by atoms with Crippen LogP contribution in [0.3, 0.4) is 0 Å². The lowest BCUT2D eigenvalue weighted by Crippen LogP contribution is -2.39. The van der Waals surface area contributed by atoms with E-state index < -0.39 is 0 Å². The van der Waals surface area contributed by atoms with Crippen LogP contribution in [0.4, 0.5) is 5.69 Å². The maximum absolute atomic E-state index is 12.7. The fourth-order valence-electron chi connectivity index (χ4n) is 2.15. The molecule has 0 saturated carbocycles. The lowest BCUT2D eigenvalue weighted by atomic mass is 10.1. The van der Waals surface area contributed by atoms with Crippen molar-refractivity contribution in [2.75, 3.05) is 25.5 Å². The topological polar surface area (TPSA) is 23.6 Å². The van der Waals surface area contributed by atoms with Gasteiger partial charge in [-0.15, -0.1) is 0 Å². The lowest BCUT2D eigenvalue weighted by Gasteiger charge is -2.29. The molecule has 0 fully saturated rings. The molecule has 0 aliphatic carbocycles. The van der Waals surface area contributed by atoms with Crippen molar-refractivity contribution in [3.63, 3.8) is 0 Å². The fraction of sp³-hybridized carbons (Fsp3) is 0.588. The van der Waals surface area contributed by atoms with Gasteiger partial charge in [0.15, 0.2) is 0 Å². The highest BCUT2D eigenvalue weighted by atomic mass is 16.2. The van der Waals surface area contributed by atoms with E-state index >= 15 is 0 Å². The van der Waals surface area contributed by atoms with Crippen molar-refractivity contribution in [2.45, 2.75) is 46.1 Å². The van der Waals surface area contributed by atoms with Gasteiger partial charge in [0.25, 0.3) is 5.91 Å². The van der Waals surface area contributed by atoms with Crippen molar-refractivity contribution in [3.05, 3.63) is 29.8 Å². The van der Waals surface area contributed by atoms with E-state index in [0.29, 0.717) is 0 Å². The Bertz CT molecular complexity index is 429. The van der Waals surface area contributed by atoms with Gasteiger partial charge in [-0.1, -0.05) is 26.3 Å². The molecule has 112 valence electrons. The average molecular weight is 276 g/mol. The summed E-state index contributed by atoms with van der Waals surface area (Å²) in [6, 6.07) is 8.16. The van der Waals surface area contributed by atoms with Gasteiger partial charge in [0.2, 0.25) is 0 Å². The molecule has 3 nitrogen and oxygen atoms in total. The van der Waals surface area contributed by atoms with Gasteiger partial charge in [-0.2, -0.15) is 0 Å². The Morgan fingerprint density at radius 2 is 1.95 bits per heavy atom. The molecule has 1 amide bonds. The summed E-state index contributed by atoms with van der Waals surface area (Å²) in [5.41, 5.74) is 1.85. The number of benzene rings is 1. The van der Waals surface area contributed by atoms with E-state index in [1.807, 2.05) is 48.2 Å². The predicted molar refractivity (Wildman–Crippen MR) is 86.5 cm³/mol. The number of amides is 1. The highest BCUT2D eigenvalue weighted by Crippen LogP contribution is 2.17. The van der Waals surface area contributed by atoms with Crippen molar-refractivity contribution in [1.29, 1.82) is 0 Å². The molecule has 20 heavy (non-hydrogen) atoms. The van der Waals surface area contributed by atoms with Crippen LogP contribution in [0.15, 0.2) is 24.3 Å². The van der Waals surface area contributed by atoms with Crippen molar-refractivity contribution >= 4 is 11.6 Å². The number of hydrogen-bond acceptors (Lipinski definition) is 2. The molecule has 0 aliphatic heterocycles. The minimum atomic E-state index is 0.150. The molecule has 0 bridgehead atoms. The number of carbonyl (C=O) groups is 1. The van der Waals surface area contributed by atoms with E-state index in [2.05, 4.69) is 20.8 Å². The Morgan fingerprint density at radius 1 is 1.25 bits per heavy atom. The Hall–Kier alpha value is -1.51. The van der Waals surface area contributed by atoms with Crippen LogP contribution in [0.1, 0.15) is 50.4 Å². The normalized spacial score (nSPS) is 12.1. The minimum Gasteiger partial charge on any atom is -0.378 e. The molecule has 0 saturated heterocycles. The quantitative estimate of drug-likeness (QED) is 0.756. The summed E-state index contributed by atoms with van der Waals surface area (Å²) in [4.78, 5) is 16.8. The number of unbranched alkanes of at least 4 members (excludes halogenated alkanes) is 1. The molecular weight excluding hydrogens is 248 g/mol. The summed E-state index contributed by atoms with van der Waals surface area (Å²) in [5, 5.41) is 0. The van der Waals surface area contributed by atoms with Crippen molar-refractivity contribution in [3.8, 4) is 0 Å². The van der Waals surface area contributed by atoms with Crippen molar-refractivity contribution in [1.82, 2.24) is 4.90 Å². The van der Waals surface area contributed by atoms with Gasteiger partial charge >= 0.3 is 0 Å². The molecule has 3 heteroatoms. The van der Waals surface area contributed by atoms with Crippen molar-refractivity contribution < 1.29 is 4.79 Å². The summed E-state index contributed by atoms with van der Waals surface area (Å²) in [7, 11) is 3.99. The van der Waals surface area contributed by atoms with Crippen LogP contribution in [-0.4, -0.2) is 37.5 Å². The summed E-state index contributed by atoms with van der Waals surface area (Å²) in [6.45, 7) is 7.26. The molecule has 1 aromatic carbocycles. The zero-order valence-corrected chi connectivity index (χ0v) is 13.5. The zero-order chi connectivity index (χ0) is 15.1. The molecule has 0 spiro atoms. The Labute approximate surface area is 123 Å². The molecule has 1 rings (SSSR count). The van der Waals surface area contributed by atoms with Gasteiger partial charge in [0.1, 0.15) is 0 Å². The van der Waals surface area contributed by atoms with Crippen LogP contribution in [0.25, 0.3) is 0 Å². The third-order valence-electron chi connectivity index (χ3n) is 3.75. The van der Waals surface area contributed by atoms with Gasteiger partial charge in [0.05, 0.1) is 0 Å². The number of hydrogen-bond donors (Lipinski definition) is 0.